The number of carboxylic acids is 1. The third-order valence-corrected chi connectivity index (χ3v) is 3.86. The van der Waals surface area contributed by atoms with E-state index in [1.807, 2.05) is 0 Å². The number of carbonyl (C=O) groups is 1. The van der Waals surface area contributed by atoms with E-state index in [2.05, 4.69) is 0 Å². The lowest BCUT2D eigenvalue weighted by Gasteiger charge is -2.32. The predicted molar refractivity (Wildman–Crippen MR) is 54.8 cm³/mol. The molecule has 1 aliphatic heterocycles. The standard InChI is InChI=1S/C9H16O4S/c1-12-6-7-14-9(8(10)11)2-4-13-5-3-9/h2-7H2,1H3,(H,10,11). The van der Waals surface area contributed by atoms with Crippen molar-refractivity contribution >= 4 is 17.7 Å². The Morgan fingerprint density at radius 2 is 2.21 bits per heavy atom. The molecule has 0 aromatic heterocycles. The van der Waals surface area contributed by atoms with Gasteiger partial charge >= 0.3 is 5.97 Å². The predicted octanol–water partition coefficient (Wildman–Crippen LogP) is 1.000. The summed E-state index contributed by atoms with van der Waals surface area (Å²) in [6, 6.07) is 0. The van der Waals surface area contributed by atoms with Crippen LogP contribution in [0.4, 0.5) is 0 Å². The van der Waals surface area contributed by atoms with Crippen molar-refractivity contribution in [3.05, 3.63) is 0 Å². The molecule has 0 bridgehead atoms. The van der Waals surface area contributed by atoms with E-state index in [9.17, 15) is 9.90 Å². The van der Waals surface area contributed by atoms with Gasteiger partial charge in [-0.15, -0.1) is 11.8 Å². The Morgan fingerprint density at radius 1 is 1.57 bits per heavy atom. The smallest absolute Gasteiger partial charge is 0.319 e. The van der Waals surface area contributed by atoms with E-state index in [0.717, 1.165) is 5.75 Å². The molecule has 1 N–H and O–H groups in total. The maximum absolute atomic E-state index is 11.2. The maximum Gasteiger partial charge on any atom is 0.319 e. The van der Waals surface area contributed by atoms with E-state index in [1.54, 1.807) is 7.11 Å². The van der Waals surface area contributed by atoms with Crippen LogP contribution >= 0.6 is 11.8 Å². The van der Waals surface area contributed by atoms with Gasteiger partial charge in [-0.25, -0.2) is 0 Å². The van der Waals surface area contributed by atoms with Crippen molar-refractivity contribution in [1.82, 2.24) is 0 Å². The first-order valence-corrected chi connectivity index (χ1v) is 5.64. The second kappa shape index (κ2) is 5.58. The van der Waals surface area contributed by atoms with Gasteiger partial charge in [0.25, 0.3) is 0 Å². The molecular weight excluding hydrogens is 204 g/mol. The molecule has 0 aliphatic carbocycles. The molecular formula is C9H16O4S. The fourth-order valence-electron chi connectivity index (χ4n) is 1.44. The van der Waals surface area contributed by atoms with Crippen molar-refractivity contribution in [2.45, 2.75) is 17.6 Å². The Morgan fingerprint density at radius 3 is 2.71 bits per heavy atom. The van der Waals surface area contributed by atoms with E-state index in [0.29, 0.717) is 32.7 Å². The molecule has 1 rings (SSSR count). The molecule has 1 heterocycles. The Labute approximate surface area is 88.0 Å². The molecule has 0 unspecified atom stereocenters. The highest BCUT2D eigenvalue weighted by molar-refractivity contribution is 8.01. The normalized spacial score (nSPS) is 20.6. The summed E-state index contributed by atoms with van der Waals surface area (Å²) in [5.74, 6) is 0.00454. The van der Waals surface area contributed by atoms with Crippen LogP contribution in [-0.4, -0.2) is 48.5 Å². The summed E-state index contributed by atoms with van der Waals surface area (Å²) in [6.45, 7) is 1.69. The number of hydrogen-bond acceptors (Lipinski definition) is 4. The summed E-state index contributed by atoms with van der Waals surface area (Å²) in [4.78, 5) is 11.2. The van der Waals surface area contributed by atoms with Crippen LogP contribution in [0, 0.1) is 0 Å². The average Bonchev–Trinajstić information content (AvgIpc) is 2.19. The summed E-state index contributed by atoms with van der Waals surface area (Å²) >= 11 is 1.47. The molecule has 0 aromatic carbocycles. The Kier molecular flexibility index (Phi) is 4.71. The van der Waals surface area contributed by atoms with Crippen LogP contribution in [0.2, 0.25) is 0 Å². The summed E-state index contributed by atoms with van der Waals surface area (Å²) in [5, 5.41) is 9.17. The highest BCUT2D eigenvalue weighted by atomic mass is 32.2. The lowest BCUT2D eigenvalue weighted by atomic mass is 9.99. The minimum Gasteiger partial charge on any atom is -0.480 e. The van der Waals surface area contributed by atoms with E-state index in [-0.39, 0.29) is 0 Å². The number of hydrogen-bond donors (Lipinski definition) is 1. The number of thioether (sulfide) groups is 1. The Hall–Kier alpha value is -0.260. The minimum atomic E-state index is -0.720. The zero-order chi connectivity index (χ0) is 10.4. The third kappa shape index (κ3) is 2.87. The first-order valence-electron chi connectivity index (χ1n) is 4.65. The quantitative estimate of drug-likeness (QED) is 0.700. The lowest BCUT2D eigenvalue weighted by molar-refractivity contribution is -0.142. The first kappa shape index (κ1) is 11.8. The fraction of sp³-hybridized carbons (Fsp3) is 0.889. The van der Waals surface area contributed by atoms with Crippen LogP contribution in [0.3, 0.4) is 0 Å². The van der Waals surface area contributed by atoms with Gasteiger partial charge in [0.2, 0.25) is 0 Å². The highest BCUT2D eigenvalue weighted by Gasteiger charge is 2.40. The molecule has 82 valence electrons. The van der Waals surface area contributed by atoms with Crippen LogP contribution in [0.25, 0.3) is 0 Å². The van der Waals surface area contributed by atoms with Gasteiger partial charge in [0, 0.05) is 26.1 Å². The van der Waals surface area contributed by atoms with E-state index >= 15 is 0 Å². The molecule has 0 aromatic rings. The van der Waals surface area contributed by atoms with Crippen LogP contribution in [0.15, 0.2) is 0 Å². The average molecular weight is 220 g/mol. The van der Waals surface area contributed by atoms with Gasteiger partial charge in [-0.05, 0) is 12.8 Å². The molecule has 1 saturated heterocycles. The SMILES string of the molecule is COCCSC1(C(=O)O)CCOCC1. The van der Waals surface area contributed by atoms with Crippen LogP contribution in [0.5, 0.6) is 0 Å². The number of aliphatic carboxylic acids is 1. The molecule has 1 aliphatic rings. The van der Waals surface area contributed by atoms with Gasteiger partial charge in [-0.3, -0.25) is 4.79 Å². The molecule has 0 saturated carbocycles. The highest BCUT2D eigenvalue weighted by Crippen LogP contribution is 2.35. The van der Waals surface area contributed by atoms with Crippen molar-refractivity contribution in [3.63, 3.8) is 0 Å². The van der Waals surface area contributed by atoms with Crippen molar-refractivity contribution in [3.8, 4) is 0 Å². The molecule has 1 fully saturated rings. The topological polar surface area (TPSA) is 55.8 Å². The second-order valence-electron chi connectivity index (χ2n) is 3.25. The fourth-order valence-corrected chi connectivity index (χ4v) is 2.66. The summed E-state index contributed by atoms with van der Waals surface area (Å²) < 4.78 is 9.44. The van der Waals surface area contributed by atoms with E-state index < -0.39 is 10.7 Å². The molecule has 14 heavy (non-hydrogen) atoms. The summed E-state index contributed by atoms with van der Waals surface area (Å²) in [7, 11) is 1.62. The second-order valence-corrected chi connectivity index (χ2v) is 4.73. The van der Waals surface area contributed by atoms with Gasteiger partial charge in [0.1, 0.15) is 4.75 Å². The monoisotopic (exact) mass is 220 g/mol. The molecule has 0 radical (unpaired) electrons. The van der Waals surface area contributed by atoms with Crippen molar-refractivity contribution in [1.29, 1.82) is 0 Å². The van der Waals surface area contributed by atoms with Crippen molar-refractivity contribution in [2.24, 2.45) is 0 Å². The molecule has 5 heteroatoms. The minimum absolute atomic E-state index is 0.548. The zero-order valence-corrected chi connectivity index (χ0v) is 9.14. The van der Waals surface area contributed by atoms with Gasteiger partial charge in [-0.1, -0.05) is 0 Å². The molecule has 0 spiro atoms. The van der Waals surface area contributed by atoms with E-state index in [4.69, 9.17) is 9.47 Å². The Bertz CT molecular complexity index is 189. The largest absolute Gasteiger partial charge is 0.480 e. The first-order chi connectivity index (χ1) is 6.71. The number of rotatable bonds is 5. The summed E-state index contributed by atoms with van der Waals surface area (Å²) in [5.41, 5.74) is 0. The van der Waals surface area contributed by atoms with Gasteiger partial charge in [0.15, 0.2) is 0 Å². The van der Waals surface area contributed by atoms with Gasteiger partial charge in [-0.2, -0.15) is 0 Å². The maximum atomic E-state index is 11.2. The number of ether oxygens (including phenoxy) is 2. The molecule has 0 atom stereocenters. The van der Waals surface area contributed by atoms with Crippen LogP contribution < -0.4 is 0 Å². The summed E-state index contributed by atoms with van der Waals surface area (Å²) in [6.07, 6.45) is 1.19. The van der Waals surface area contributed by atoms with Crippen molar-refractivity contribution in [2.75, 3.05) is 32.7 Å². The van der Waals surface area contributed by atoms with Crippen LogP contribution in [0.1, 0.15) is 12.8 Å². The molecule has 0 amide bonds. The van der Waals surface area contributed by atoms with E-state index in [1.165, 1.54) is 11.8 Å². The third-order valence-electron chi connectivity index (χ3n) is 2.36. The van der Waals surface area contributed by atoms with Gasteiger partial charge in [0.05, 0.1) is 6.61 Å². The lowest BCUT2D eigenvalue weighted by Crippen LogP contribution is -2.41. The van der Waals surface area contributed by atoms with Gasteiger partial charge < -0.3 is 14.6 Å². The zero-order valence-electron chi connectivity index (χ0n) is 8.32. The number of carboxylic acid groups (broad SMARTS) is 1. The molecule has 4 nitrogen and oxygen atoms in total. The number of methoxy groups -OCH3 is 1. The van der Waals surface area contributed by atoms with Crippen molar-refractivity contribution < 1.29 is 19.4 Å². The Balaban J connectivity index is 2.47. The van der Waals surface area contributed by atoms with Crippen LogP contribution in [-0.2, 0) is 14.3 Å².